The van der Waals surface area contributed by atoms with Crippen molar-refractivity contribution in [2.45, 2.75) is 12.0 Å². The molecule has 1 aliphatic heterocycles. The number of ketones is 1. The molecule has 1 fully saturated rings. The summed E-state index contributed by atoms with van der Waals surface area (Å²) in [6, 6.07) is 4.55. The van der Waals surface area contributed by atoms with E-state index in [9.17, 15) is 14.4 Å². The average Bonchev–Trinajstić information content (AvgIpc) is 2.67. The number of nitrogens with one attached hydrogen (secondary N) is 2. The Hall–Kier alpha value is -1.69. The van der Waals surface area contributed by atoms with Gasteiger partial charge in [0.1, 0.15) is 0 Å². The minimum atomic E-state index is -1.20. The summed E-state index contributed by atoms with van der Waals surface area (Å²) >= 11 is 3.28. The topological polar surface area (TPSA) is 75.3 Å². The van der Waals surface area contributed by atoms with E-state index >= 15 is 0 Å². The van der Waals surface area contributed by atoms with Gasteiger partial charge in [-0.1, -0.05) is 22.0 Å². The van der Waals surface area contributed by atoms with Crippen LogP contribution in [0.2, 0.25) is 0 Å². The Morgan fingerprint density at radius 2 is 2.00 bits per heavy atom. The van der Waals surface area contributed by atoms with E-state index in [4.69, 9.17) is 0 Å². The van der Waals surface area contributed by atoms with Gasteiger partial charge in [-0.15, -0.1) is 0 Å². The van der Waals surface area contributed by atoms with Gasteiger partial charge >= 0.3 is 6.03 Å². The van der Waals surface area contributed by atoms with E-state index < -0.39 is 17.5 Å². The van der Waals surface area contributed by atoms with Crippen molar-refractivity contribution >= 4 is 33.7 Å². The SMILES string of the molecule is O=C1NC(=O)[C@]2(CC(=O)c3cc(Br)ccc32)N1. The number of benzene rings is 1. The molecule has 2 aliphatic rings. The average molecular weight is 295 g/mol. The maximum Gasteiger partial charge on any atom is 0.322 e. The molecule has 6 heteroatoms. The summed E-state index contributed by atoms with van der Waals surface area (Å²) in [5.41, 5.74) is -0.157. The molecule has 1 aromatic carbocycles. The van der Waals surface area contributed by atoms with Crippen LogP contribution in [-0.4, -0.2) is 17.7 Å². The van der Waals surface area contributed by atoms with E-state index in [-0.39, 0.29) is 12.2 Å². The molecule has 3 amide bonds. The molecule has 1 atom stereocenters. The smallest absolute Gasteiger partial charge is 0.319 e. The van der Waals surface area contributed by atoms with Crippen LogP contribution in [0.4, 0.5) is 4.79 Å². The predicted molar refractivity (Wildman–Crippen MR) is 61.4 cm³/mol. The largest absolute Gasteiger partial charge is 0.322 e. The van der Waals surface area contributed by atoms with Crippen molar-refractivity contribution < 1.29 is 14.4 Å². The Balaban J connectivity index is 2.23. The molecule has 1 saturated heterocycles. The van der Waals surface area contributed by atoms with Gasteiger partial charge in [0, 0.05) is 16.5 Å². The molecule has 0 unspecified atom stereocenters. The summed E-state index contributed by atoms with van der Waals surface area (Å²) < 4.78 is 0.770. The summed E-state index contributed by atoms with van der Waals surface area (Å²) in [5, 5.41) is 4.72. The second kappa shape index (κ2) is 3.16. The van der Waals surface area contributed by atoms with Crippen LogP contribution < -0.4 is 10.6 Å². The fourth-order valence-electron chi connectivity index (χ4n) is 2.36. The molecule has 0 aromatic heterocycles. The highest BCUT2D eigenvalue weighted by Crippen LogP contribution is 2.39. The van der Waals surface area contributed by atoms with E-state index in [0.717, 1.165) is 4.47 Å². The molecule has 0 bridgehead atoms. The number of fused-ring (bicyclic) bond motifs is 2. The van der Waals surface area contributed by atoms with Crippen molar-refractivity contribution in [3.05, 3.63) is 33.8 Å². The lowest BCUT2D eigenvalue weighted by Crippen LogP contribution is -2.41. The maximum absolute atomic E-state index is 11.9. The molecule has 0 radical (unpaired) electrons. The zero-order valence-corrected chi connectivity index (χ0v) is 10.1. The highest BCUT2D eigenvalue weighted by Gasteiger charge is 2.54. The van der Waals surface area contributed by atoms with Crippen molar-refractivity contribution in [2.24, 2.45) is 0 Å². The van der Waals surface area contributed by atoms with Crippen molar-refractivity contribution in [3.63, 3.8) is 0 Å². The van der Waals surface area contributed by atoms with Crippen molar-refractivity contribution in [1.29, 1.82) is 0 Å². The first-order valence-corrected chi connectivity index (χ1v) is 5.79. The van der Waals surface area contributed by atoms with E-state index in [1.807, 2.05) is 0 Å². The molecule has 3 rings (SSSR count). The number of hydrogen-bond donors (Lipinski definition) is 2. The van der Waals surface area contributed by atoms with E-state index in [0.29, 0.717) is 11.1 Å². The van der Waals surface area contributed by atoms with Crippen LogP contribution in [0.25, 0.3) is 0 Å². The quantitative estimate of drug-likeness (QED) is 0.703. The molecule has 5 nitrogen and oxygen atoms in total. The Bertz CT molecular complexity index is 584. The number of carbonyl (C=O) groups is 3. The number of Topliss-reactive ketones (excluding diaryl/α,β-unsaturated/α-hetero) is 1. The lowest BCUT2D eigenvalue weighted by Gasteiger charge is -2.19. The number of carbonyl (C=O) groups excluding carboxylic acids is 3. The fraction of sp³-hybridized carbons (Fsp3) is 0.182. The van der Waals surface area contributed by atoms with Gasteiger partial charge in [-0.3, -0.25) is 14.9 Å². The zero-order valence-electron chi connectivity index (χ0n) is 8.54. The first kappa shape index (κ1) is 10.5. The number of rotatable bonds is 0. The third-order valence-electron chi connectivity index (χ3n) is 3.11. The van der Waals surface area contributed by atoms with Crippen molar-refractivity contribution in [3.8, 4) is 0 Å². The summed E-state index contributed by atoms with van der Waals surface area (Å²) in [6.45, 7) is 0. The van der Waals surface area contributed by atoms with Gasteiger partial charge in [0.25, 0.3) is 5.91 Å². The van der Waals surface area contributed by atoms with E-state index in [1.165, 1.54) is 0 Å². The molecule has 1 heterocycles. The van der Waals surface area contributed by atoms with Gasteiger partial charge in [-0.05, 0) is 17.7 Å². The fourth-order valence-corrected chi connectivity index (χ4v) is 2.72. The van der Waals surface area contributed by atoms with E-state index in [1.54, 1.807) is 18.2 Å². The second-order valence-corrected chi connectivity index (χ2v) is 5.02. The summed E-state index contributed by atoms with van der Waals surface area (Å²) in [7, 11) is 0. The van der Waals surface area contributed by atoms with Gasteiger partial charge < -0.3 is 5.32 Å². The van der Waals surface area contributed by atoms with Gasteiger partial charge in [0.2, 0.25) is 0 Å². The molecule has 1 aromatic rings. The number of urea groups is 1. The standard InChI is InChI=1S/C11H7BrN2O3/c12-5-1-2-7-6(3-5)8(15)4-11(7)9(16)13-10(17)14-11/h1-3H,4H2,(H2,13,14,16,17)/t11-/m1/s1. The highest BCUT2D eigenvalue weighted by molar-refractivity contribution is 9.10. The van der Waals surface area contributed by atoms with Crippen LogP contribution in [0, 0.1) is 0 Å². The number of halogens is 1. The lowest BCUT2D eigenvalue weighted by molar-refractivity contribution is -0.124. The maximum atomic E-state index is 11.9. The van der Waals surface area contributed by atoms with Gasteiger partial charge in [-0.2, -0.15) is 0 Å². The molecular weight excluding hydrogens is 288 g/mol. The Morgan fingerprint density at radius 1 is 1.24 bits per heavy atom. The predicted octanol–water partition coefficient (Wildman–Crippen LogP) is 1.07. The summed E-state index contributed by atoms with van der Waals surface area (Å²) in [4.78, 5) is 35.0. The van der Waals surface area contributed by atoms with Crippen LogP contribution in [0.1, 0.15) is 22.3 Å². The van der Waals surface area contributed by atoms with Gasteiger partial charge in [0.05, 0.1) is 0 Å². The van der Waals surface area contributed by atoms with E-state index in [2.05, 4.69) is 26.6 Å². The van der Waals surface area contributed by atoms with Gasteiger partial charge in [-0.25, -0.2) is 4.79 Å². The monoisotopic (exact) mass is 294 g/mol. The lowest BCUT2D eigenvalue weighted by atomic mass is 9.92. The Labute approximate surface area is 105 Å². The molecule has 2 N–H and O–H groups in total. The Kier molecular flexibility index (Phi) is 1.95. The van der Waals surface area contributed by atoms with Gasteiger partial charge in [0.15, 0.2) is 11.3 Å². The van der Waals surface area contributed by atoms with Crippen LogP contribution >= 0.6 is 15.9 Å². The van der Waals surface area contributed by atoms with Crippen LogP contribution in [0.5, 0.6) is 0 Å². The molecule has 17 heavy (non-hydrogen) atoms. The highest BCUT2D eigenvalue weighted by atomic mass is 79.9. The molecule has 0 saturated carbocycles. The summed E-state index contributed by atoms with van der Waals surface area (Å²) in [6.07, 6.45) is -0.0175. The molecule has 1 aliphatic carbocycles. The van der Waals surface area contributed by atoms with Crippen LogP contribution in [0.3, 0.4) is 0 Å². The van der Waals surface area contributed by atoms with Crippen molar-refractivity contribution in [2.75, 3.05) is 0 Å². The van der Waals surface area contributed by atoms with Crippen molar-refractivity contribution in [1.82, 2.24) is 10.6 Å². The third-order valence-corrected chi connectivity index (χ3v) is 3.60. The molecule has 1 spiro atoms. The summed E-state index contributed by atoms with van der Waals surface area (Å²) in [5.74, 6) is -0.601. The van der Waals surface area contributed by atoms with Crippen LogP contribution in [-0.2, 0) is 10.3 Å². The normalized spacial score (nSPS) is 26.1. The molecular formula is C11H7BrN2O3. The first-order chi connectivity index (χ1) is 8.03. The minimum Gasteiger partial charge on any atom is -0.319 e. The number of hydrogen-bond acceptors (Lipinski definition) is 3. The minimum absolute atomic E-state index is 0.0175. The zero-order chi connectivity index (χ0) is 12.2. The number of amides is 3. The molecule has 86 valence electrons. The number of imide groups is 1. The Morgan fingerprint density at radius 3 is 2.65 bits per heavy atom. The third kappa shape index (κ3) is 1.27. The first-order valence-electron chi connectivity index (χ1n) is 5.00. The van der Waals surface area contributed by atoms with Crippen LogP contribution in [0.15, 0.2) is 22.7 Å². The second-order valence-electron chi connectivity index (χ2n) is 4.10.